The third-order valence-corrected chi connectivity index (χ3v) is 3.87. The Balaban J connectivity index is 1.79. The molecule has 5 heteroatoms. The second kappa shape index (κ2) is 10.2. The molecule has 0 aliphatic heterocycles. The number of hydrogen-bond donors (Lipinski definition) is 0. The summed E-state index contributed by atoms with van der Waals surface area (Å²) in [6.07, 6.45) is 10.2. The summed E-state index contributed by atoms with van der Waals surface area (Å²) in [7, 11) is 0. The van der Waals surface area contributed by atoms with Gasteiger partial charge in [-0.2, -0.15) is 5.26 Å². The fourth-order valence-electron chi connectivity index (χ4n) is 2.44. The van der Waals surface area contributed by atoms with E-state index in [-0.39, 0.29) is 5.97 Å². The van der Waals surface area contributed by atoms with Crippen LogP contribution >= 0.6 is 0 Å². The summed E-state index contributed by atoms with van der Waals surface area (Å²) >= 11 is 0. The molecule has 5 nitrogen and oxygen atoms in total. The zero-order valence-electron chi connectivity index (χ0n) is 14.6. The second-order valence-electron chi connectivity index (χ2n) is 5.92. The maximum absolute atomic E-state index is 11.8. The van der Waals surface area contributed by atoms with Crippen molar-refractivity contribution in [2.45, 2.75) is 51.9 Å². The van der Waals surface area contributed by atoms with E-state index in [2.05, 4.69) is 23.0 Å². The molecular weight excluding hydrogens is 314 g/mol. The SMILES string of the molecule is CCCCCCCCC(=O)Oc1cnc(-c2ccc(C#N)cc2)nc1. The predicted octanol–water partition coefficient (Wildman–Crippen LogP) is 4.67. The molecule has 0 N–H and O–H groups in total. The van der Waals surface area contributed by atoms with Crippen LogP contribution in [0.4, 0.5) is 0 Å². The van der Waals surface area contributed by atoms with Gasteiger partial charge in [-0.1, -0.05) is 39.0 Å². The summed E-state index contributed by atoms with van der Waals surface area (Å²) in [6.45, 7) is 2.19. The molecule has 2 aromatic rings. The van der Waals surface area contributed by atoms with Gasteiger partial charge < -0.3 is 4.74 Å². The third kappa shape index (κ3) is 6.34. The smallest absolute Gasteiger partial charge is 0.311 e. The second-order valence-corrected chi connectivity index (χ2v) is 5.92. The van der Waals surface area contributed by atoms with Crippen LogP contribution in [0.15, 0.2) is 36.7 Å². The van der Waals surface area contributed by atoms with Gasteiger partial charge in [-0.15, -0.1) is 0 Å². The van der Waals surface area contributed by atoms with E-state index in [1.165, 1.54) is 38.1 Å². The molecule has 0 fully saturated rings. The van der Waals surface area contributed by atoms with Crippen LogP contribution in [-0.4, -0.2) is 15.9 Å². The van der Waals surface area contributed by atoms with Crippen LogP contribution in [0, 0.1) is 11.3 Å². The molecule has 1 aromatic heterocycles. The molecule has 1 heterocycles. The predicted molar refractivity (Wildman–Crippen MR) is 95.8 cm³/mol. The lowest BCUT2D eigenvalue weighted by Gasteiger charge is -2.05. The van der Waals surface area contributed by atoms with Gasteiger partial charge in [-0.25, -0.2) is 9.97 Å². The van der Waals surface area contributed by atoms with Crippen molar-refractivity contribution in [3.8, 4) is 23.2 Å². The highest BCUT2D eigenvalue weighted by Gasteiger charge is 2.07. The van der Waals surface area contributed by atoms with Crippen LogP contribution < -0.4 is 4.74 Å². The Kier molecular flexibility index (Phi) is 7.58. The average Bonchev–Trinajstić information content (AvgIpc) is 2.65. The molecule has 0 unspecified atom stereocenters. The molecule has 2 rings (SSSR count). The summed E-state index contributed by atoms with van der Waals surface area (Å²) in [5, 5.41) is 8.81. The van der Waals surface area contributed by atoms with E-state index in [4.69, 9.17) is 10.00 Å². The molecule has 0 atom stereocenters. The summed E-state index contributed by atoms with van der Waals surface area (Å²) in [5.74, 6) is 0.638. The molecule has 0 saturated carbocycles. The van der Waals surface area contributed by atoms with Crippen molar-refractivity contribution in [1.82, 2.24) is 9.97 Å². The van der Waals surface area contributed by atoms with E-state index in [9.17, 15) is 4.79 Å². The molecule has 0 amide bonds. The highest BCUT2D eigenvalue weighted by atomic mass is 16.5. The normalized spacial score (nSPS) is 10.2. The van der Waals surface area contributed by atoms with Gasteiger partial charge in [0.05, 0.1) is 24.0 Å². The van der Waals surface area contributed by atoms with Crippen LogP contribution in [0.25, 0.3) is 11.4 Å². The molecule has 1 aromatic carbocycles. The first-order valence-electron chi connectivity index (χ1n) is 8.76. The number of esters is 1. The minimum Gasteiger partial charge on any atom is -0.423 e. The number of carbonyl (C=O) groups is 1. The first-order chi connectivity index (χ1) is 12.2. The van der Waals surface area contributed by atoms with Gasteiger partial charge in [0, 0.05) is 12.0 Å². The van der Waals surface area contributed by atoms with Gasteiger partial charge in [0.2, 0.25) is 0 Å². The van der Waals surface area contributed by atoms with Crippen LogP contribution in [-0.2, 0) is 4.79 Å². The van der Waals surface area contributed by atoms with Crippen molar-refractivity contribution >= 4 is 5.97 Å². The van der Waals surface area contributed by atoms with Gasteiger partial charge in [0.15, 0.2) is 11.6 Å². The molecule has 130 valence electrons. The first-order valence-corrected chi connectivity index (χ1v) is 8.76. The van der Waals surface area contributed by atoms with Gasteiger partial charge in [-0.05, 0) is 30.7 Å². The number of unbranched alkanes of at least 4 members (excludes halogenated alkanes) is 5. The number of hydrogen-bond acceptors (Lipinski definition) is 5. The standard InChI is InChI=1S/C20H23N3O2/c1-2-3-4-5-6-7-8-19(24)25-18-14-22-20(23-15-18)17-11-9-16(13-21)10-12-17/h9-12,14-15H,2-8H2,1H3. The Hall–Kier alpha value is -2.74. The number of carbonyl (C=O) groups excluding carboxylic acids is 1. The topological polar surface area (TPSA) is 75.9 Å². The third-order valence-electron chi connectivity index (χ3n) is 3.87. The van der Waals surface area contributed by atoms with Crippen molar-refractivity contribution in [2.75, 3.05) is 0 Å². The van der Waals surface area contributed by atoms with Crippen molar-refractivity contribution in [2.24, 2.45) is 0 Å². The van der Waals surface area contributed by atoms with Gasteiger partial charge in [-0.3, -0.25) is 4.79 Å². The largest absolute Gasteiger partial charge is 0.423 e. The van der Waals surface area contributed by atoms with E-state index in [0.29, 0.717) is 23.6 Å². The molecular formula is C20H23N3O2. The Bertz CT molecular complexity index is 703. The van der Waals surface area contributed by atoms with Crippen LogP contribution in [0.2, 0.25) is 0 Å². The highest BCUT2D eigenvalue weighted by Crippen LogP contribution is 2.17. The number of nitriles is 1. The van der Waals surface area contributed by atoms with Crippen LogP contribution in [0.3, 0.4) is 0 Å². The van der Waals surface area contributed by atoms with Gasteiger partial charge in [0.1, 0.15) is 0 Å². The number of nitrogens with zero attached hydrogens (tertiary/aromatic N) is 3. The van der Waals surface area contributed by atoms with Crippen molar-refractivity contribution < 1.29 is 9.53 Å². The van der Waals surface area contributed by atoms with Crippen LogP contribution in [0.5, 0.6) is 5.75 Å². The van der Waals surface area contributed by atoms with E-state index < -0.39 is 0 Å². The lowest BCUT2D eigenvalue weighted by Crippen LogP contribution is -2.08. The zero-order chi connectivity index (χ0) is 17.9. The van der Waals surface area contributed by atoms with Crippen LogP contribution in [0.1, 0.15) is 57.4 Å². The molecule has 0 aliphatic carbocycles. The van der Waals surface area contributed by atoms with Crippen molar-refractivity contribution in [3.63, 3.8) is 0 Å². The van der Waals surface area contributed by atoms with E-state index in [0.717, 1.165) is 18.4 Å². The Morgan fingerprint density at radius 2 is 1.68 bits per heavy atom. The number of rotatable bonds is 9. The Morgan fingerprint density at radius 3 is 2.32 bits per heavy atom. The first kappa shape index (κ1) is 18.6. The fraction of sp³-hybridized carbons (Fsp3) is 0.400. The van der Waals surface area contributed by atoms with E-state index in [1.54, 1.807) is 24.3 Å². The zero-order valence-corrected chi connectivity index (χ0v) is 14.6. The molecule has 25 heavy (non-hydrogen) atoms. The number of ether oxygens (including phenoxy) is 1. The Labute approximate surface area is 148 Å². The summed E-state index contributed by atoms with van der Waals surface area (Å²) in [5.41, 5.74) is 1.40. The average molecular weight is 337 g/mol. The summed E-state index contributed by atoms with van der Waals surface area (Å²) in [4.78, 5) is 20.3. The van der Waals surface area contributed by atoms with E-state index >= 15 is 0 Å². The molecule has 0 bridgehead atoms. The molecule has 0 spiro atoms. The molecule has 0 aliphatic rings. The fourth-order valence-corrected chi connectivity index (χ4v) is 2.44. The lowest BCUT2D eigenvalue weighted by atomic mass is 10.1. The monoisotopic (exact) mass is 337 g/mol. The minimum atomic E-state index is -0.245. The van der Waals surface area contributed by atoms with Crippen molar-refractivity contribution in [1.29, 1.82) is 5.26 Å². The summed E-state index contributed by atoms with van der Waals surface area (Å²) in [6, 6.07) is 9.08. The van der Waals surface area contributed by atoms with E-state index in [1.807, 2.05) is 0 Å². The van der Waals surface area contributed by atoms with Gasteiger partial charge in [0.25, 0.3) is 0 Å². The Morgan fingerprint density at radius 1 is 1.04 bits per heavy atom. The minimum absolute atomic E-state index is 0.245. The number of benzene rings is 1. The summed E-state index contributed by atoms with van der Waals surface area (Å²) < 4.78 is 5.26. The maximum atomic E-state index is 11.8. The van der Waals surface area contributed by atoms with Gasteiger partial charge >= 0.3 is 5.97 Å². The maximum Gasteiger partial charge on any atom is 0.311 e. The lowest BCUT2D eigenvalue weighted by molar-refractivity contribution is -0.134. The highest BCUT2D eigenvalue weighted by molar-refractivity contribution is 5.72. The van der Waals surface area contributed by atoms with Crippen molar-refractivity contribution in [3.05, 3.63) is 42.2 Å². The number of aromatic nitrogens is 2. The molecule has 0 radical (unpaired) electrons. The molecule has 0 saturated heterocycles. The quantitative estimate of drug-likeness (QED) is 0.491.